The topological polar surface area (TPSA) is 55.6 Å². The van der Waals surface area contributed by atoms with Crippen molar-refractivity contribution in [2.75, 3.05) is 20.2 Å². The second-order valence-electron chi connectivity index (χ2n) is 5.88. The summed E-state index contributed by atoms with van der Waals surface area (Å²) < 4.78 is 5.39. The van der Waals surface area contributed by atoms with Gasteiger partial charge in [0.15, 0.2) is 0 Å². The molecule has 4 heteroatoms. The molecule has 1 fully saturated rings. The van der Waals surface area contributed by atoms with E-state index < -0.39 is 0 Å². The molecule has 1 saturated heterocycles. The molecule has 0 saturated carbocycles. The van der Waals surface area contributed by atoms with E-state index in [1.807, 2.05) is 4.90 Å². The summed E-state index contributed by atoms with van der Waals surface area (Å²) in [6, 6.07) is 0.168. The maximum atomic E-state index is 12.3. The molecule has 1 aliphatic heterocycles. The van der Waals surface area contributed by atoms with Gasteiger partial charge < -0.3 is 15.4 Å². The predicted octanol–water partition coefficient (Wildman–Crippen LogP) is 2.70. The number of likely N-dealkylation sites (tertiary alicyclic amines) is 1. The van der Waals surface area contributed by atoms with Crippen molar-refractivity contribution in [1.29, 1.82) is 0 Å². The second-order valence-corrected chi connectivity index (χ2v) is 5.88. The molecule has 2 unspecified atom stereocenters. The first kappa shape index (κ1) is 17.4. The van der Waals surface area contributed by atoms with Crippen LogP contribution in [-0.4, -0.2) is 43.2 Å². The molecule has 2 N–H and O–H groups in total. The summed E-state index contributed by atoms with van der Waals surface area (Å²) in [4.78, 5) is 14.3. The van der Waals surface area contributed by atoms with E-state index in [9.17, 15) is 4.79 Å². The standard InChI is InChI=1S/C16H32N2O2/c1-3-4-5-6-7-8-9-16(19)18-11-10-15(20-2)12-14(18)13-17/h14-15H,3-13,17H2,1-2H3. The number of nitrogens with two attached hydrogens (primary N) is 1. The van der Waals surface area contributed by atoms with Gasteiger partial charge in [0.05, 0.1) is 6.10 Å². The third kappa shape index (κ3) is 5.80. The Bertz CT molecular complexity index is 271. The van der Waals surface area contributed by atoms with E-state index in [1.165, 1.54) is 32.1 Å². The van der Waals surface area contributed by atoms with E-state index in [0.29, 0.717) is 13.0 Å². The summed E-state index contributed by atoms with van der Waals surface area (Å²) in [6.07, 6.45) is 10.1. The molecular weight excluding hydrogens is 252 g/mol. The number of carbonyl (C=O) groups excluding carboxylic acids is 1. The number of hydrogen-bond acceptors (Lipinski definition) is 3. The molecule has 0 radical (unpaired) electrons. The SMILES string of the molecule is CCCCCCCCC(=O)N1CCC(OC)CC1CN. The van der Waals surface area contributed by atoms with Crippen LogP contribution >= 0.6 is 0 Å². The summed E-state index contributed by atoms with van der Waals surface area (Å²) in [7, 11) is 1.74. The van der Waals surface area contributed by atoms with Crippen LogP contribution in [0.3, 0.4) is 0 Å². The van der Waals surface area contributed by atoms with Gasteiger partial charge in [-0.3, -0.25) is 4.79 Å². The lowest BCUT2D eigenvalue weighted by atomic mass is 9.98. The molecule has 0 aromatic heterocycles. The highest BCUT2D eigenvalue weighted by atomic mass is 16.5. The Morgan fingerprint density at radius 2 is 1.95 bits per heavy atom. The lowest BCUT2D eigenvalue weighted by molar-refractivity contribution is -0.136. The zero-order valence-corrected chi connectivity index (χ0v) is 13.3. The van der Waals surface area contributed by atoms with Gasteiger partial charge >= 0.3 is 0 Å². The van der Waals surface area contributed by atoms with Gasteiger partial charge in [0.2, 0.25) is 5.91 Å². The van der Waals surface area contributed by atoms with Crippen LogP contribution in [0.5, 0.6) is 0 Å². The third-order valence-corrected chi connectivity index (χ3v) is 4.34. The molecule has 1 amide bonds. The molecule has 0 aliphatic carbocycles. The first-order chi connectivity index (χ1) is 9.72. The Morgan fingerprint density at radius 3 is 2.60 bits per heavy atom. The van der Waals surface area contributed by atoms with E-state index in [1.54, 1.807) is 7.11 Å². The van der Waals surface area contributed by atoms with Crippen molar-refractivity contribution in [2.24, 2.45) is 5.73 Å². The first-order valence-corrected chi connectivity index (χ1v) is 8.25. The molecule has 1 rings (SSSR count). The molecule has 2 atom stereocenters. The first-order valence-electron chi connectivity index (χ1n) is 8.25. The second kappa shape index (κ2) is 10.2. The molecule has 0 bridgehead atoms. The largest absolute Gasteiger partial charge is 0.381 e. The fraction of sp³-hybridized carbons (Fsp3) is 0.938. The highest BCUT2D eigenvalue weighted by molar-refractivity contribution is 5.76. The van der Waals surface area contributed by atoms with Gasteiger partial charge in [-0.15, -0.1) is 0 Å². The van der Waals surface area contributed by atoms with E-state index >= 15 is 0 Å². The fourth-order valence-corrected chi connectivity index (χ4v) is 2.98. The van der Waals surface area contributed by atoms with Gasteiger partial charge in [-0.25, -0.2) is 0 Å². The number of amides is 1. The fourth-order valence-electron chi connectivity index (χ4n) is 2.98. The van der Waals surface area contributed by atoms with Crippen molar-refractivity contribution >= 4 is 5.91 Å². The molecule has 1 heterocycles. The lowest BCUT2D eigenvalue weighted by Crippen LogP contribution is -2.51. The summed E-state index contributed by atoms with van der Waals surface area (Å²) in [5.74, 6) is 0.283. The van der Waals surface area contributed by atoms with Crippen LogP contribution in [0.25, 0.3) is 0 Å². The summed E-state index contributed by atoms with van der Waals surface area (Å²) in [5.41, 5.74) is 5.81. The number of unbranched alkanes of at least 4 members (excludes halogenated alkanes) is 5. The zero-order chi connectivity index (χ0) is 14.8. The number of carbonyl (C=O) groups is 1. The monoisotopic (exact) mass is 284 g/mol. The number of nitrogens with zero attached hydrogens (tertiary/aromatic N) is 1. The number of ether oxygens (including phenoxy) is 1. The van der Waals surface area contributed by atoms with Crippen molar-refractivity contribution < 1.29 is 9.53 Å². The summed E-state index contributed by atoms with van der Waals surface area (Å²) in [5, 5.41) is 0. The average Bonchev–Trinajstić information content (AvgIpc) is 2.49. The van der Waals surface area contributed by atoms with Crippen LogP contribution in [0.1, 0.15) is 64.7 Å². The van der Waals surface area contributed by atoms with Crippen molar-refractivity contribution in [2.45, 2.75) is 76.9 Å². The van der Waals surface area contributed by atoms with Gasteiger partial charge in [-0.05, 0) is 19.3 Å². The molecule has 4 nitrogen and oxygen atoms in total. The molecule has 20 heavy (non-hydrogen) atoms. The number of hydrogen-bond donors (Lipinski definition) is 1. The Hall–Kier alpha value is -0.610. The number of piperidine rings is 1. The van der Waals surface area contributed by atoms with Crippen LogP contribution in [-0.2, 0) is 9.53 Å². The number of rotatable bonds is 9. The minimum atomic E-state index is 0.168. The smallest absolute Gasteiger partial charge is 0.222 e. The molecule has 0 aromatic rings. The van der Waals surface area contributed by atoms with Gasteiger partial charge in [-0.1, -0.05) is 39.0 Å². The minimum absolute atomic E-state index is 0.168. The molecule has 0 aromatic carbocycles. The maximum Gasteiger partial charge on any atom is 0.222 e. The Kier molecular flexibility index (Phi) is 8.86. The van der Waals surface area contributed by atoms with E-state index in [2.05, 4.69) is 6.92 Å². The van der Waals surface area contributed by atoms with E-state index in [0.717, 1.165) is 25.8 Å². The van der Waals surface area contributed by atoms with Gasteiger partial charge in [0, 0.05) is 32.7 Å². The predicted molar refractivity (Wildman–Crippen MR) is 82.6 cm³/mol. The molecule has 118 valence electrons. The number of methoxy groups -OCH3 is 1. The summed E-state index contributed by atoms with van der Waals surface area (Å²) >= 11 is 0. The van der Waals surface area contributed by atoms with Crippen LogP contribution in [0, 0.1) is 0 Å². The van der Waals surface area contributed by atoms with Gasteiger partial charge in [-0.2, -0.15) is 0 Å². The third-order valence-electron chi connectivity index (χ3n) is 4.34. The molecular formula is C16H32N2O2. The maximum absolute atomic E-state index is 12.3. The molecule has 1 aliphatic rings. The van der Waals surface area contributed by atoms with Crippen molar-refractivity contribution in [3.8, 4) is 0 Å². The van der Waals surface area contributed by atoms with Crippen LogP contribution in [0.2, 0.25) is 0 Å². The van der Waals surface area contributed by atoms with Crippen LogP contribution < -0.4 is 5.73 Å². The normalized spacial score (nSPS) is 23.1. The highest BCUT2D eigenvalue weighted by Gasteiger charge is 2.30. The Balaban J connectivity index is 2.24. The van der Waals surface area contributed by atoms with Crippen LogP contribution in [0.15, 0.2) is 0 Å². The quantitative estimate of drug-likeness (QED) is 0.662. The van der Waals surface area contributed by atoms with Gasteiger partial charge in [0.25, 0.3) is 0 Å². The van der Waals surface area contributed by atoms with E-state index in [-0.39, 0.29) is 18.1 Å². The lowest BCUT2D eigenvalue weighted by Gasteiger charge is -2.38. The van der Waals surface area contributed by atoms with Crippen molar-refractivity contribution in [3.05, 3.63) is 0 Å². The van der Waals surface area contributed by atoms with E-state index in [4.69, 9.17) is 10.5 Å². The Morgan fingerprint density at radius 1 is 1.25 bits per heavy atom. The zero-order valence-electron chi connectivity index (χ0n) is 13.3. The van der Waals surface area contributed by atoms with Gasteiger partial charge in [0.1, 0.15) is 0 Å². The van der Waals surface area contributed by atoms with Crippen LogP contribution in [0.4, 0.5) is 0 Å². The Labute approximate surface area is 124 Å². The van der Waals surface area contributed by atoms with Crippen molar-refractivity contribution in [3.63, 3.8) is 0 Å². The minimum Gasteiger partial charge on any atom is -0.381 e. The summed E-state index contributed by atoms with van der Waals surface area (Å²) in [6.45, 7) is 3.57. The highest BCUT2D eigenvalue weighted by Crippen LogP contribution is 2.20. The average molecular weight is 284 g/mol. The van der Waals surface area contributed by atoms with Crippen molar-refractivity contribution in [1.82, 2.24) is 4.90 Å². The molecule has 0 spiro atoms.